The van der Waals surface area contributed by atoms with Crippen molar-refractivity contribution in [3.8, 4) is 22.5 Å². The minimum atomic E-state index is 0.640. The molecule has 0 bridgehead atoms. The Kier molecular flexibility index (Phi) is 2.62. The first-order valence-corrected chi connectivity index (χ1v) is 6.88. The molecular formula is C17H14N2O. The third-order valence-electron chi connectivity index (χ3n) is 3.71. The highest BCUT2D eigenvalue weighted by molar-refractivity contribution is 5.80. The van der Waals surface area contributed by atoms with Crippen LogP contribution < -0.4 is 0 Å². The van der Waals surface area contributed by atoms with E-state index in [0.717, 1.165) is 11.3 Å². The van der Waals surface area contributed by atoms with Crippen molar-refractivity contribution >= 4 is 0 Å². The van der Waals surface area contributed by atoms with E-state index in [9.17, 15) is 0 Å². The summed E-state index contributed by atoms with van der Waals surface area (Å²) in [7, 11) is 0. The second kappa shape index (κ2) is 4.60. The van der Waals surface area contributed by atoms with Gasteiger partial charge in [-0.15, -0.1) is 0 Å². The molecule has 1 aliphatic rings. The first-order valence-electron chi connectivity index (χ1n) is 6.88. The van der Waals surface area contributed by atoms with E-state index in [4.69, 9.17) is 4.52 Å². The van der Waals surface area contributed by atoms with Gasteiger partial charge in [-0.05, 0) is 30.0 Å². The van der Waals surface area contributed by atoms with Crippen LogP contribution in [0.5, 0.6) is 0 Å². The van der Waals surface area contributed by atoms with E-state index >= 15 is 0 Å². The molecule has 0 radical (unpaired) electrons. The van der Waals surface area contributed by atoms with E-state index in [1.165, 1.54) is 29.7 Å². The summed E-state index contributed by atoms with van der Waals surface area (Å²) in [6.45, 7) is 0. The Morgan fingerprint density at radius 1 is 1.00 bits per heavy atom. The van der Waals surface area contributed by atoms with Crippen molar-refractivity contribution in [3.63, 3.8) is 0 Å². The van der Waals surface area contributed by atoms with Gasteiger partial charge in [-0.2, -0.15) is 0 Å². The van der Waals surface area contributed by atoms with E-state index in [-0.39, 0.29) is 0 Å². The molecule has 0 amide bonds. The summed E-state index contributed by atoms with van der Waals surface area (Å²) in [6.07, 6.45) is 6.08. The molecule has 2 heterocycles. The zero-order valence-electron chi connectivity index (χ0n) is 11.0. The zero-order valence-corrected chi connectivity index (χ0v) is 11.0. The van der Waals surface area contributed by atoms with Gasteiger partial charge >= 0.3 is 0 Å². The largest absolute Gasteiger partial charge is 0.356 e. The minimum Gasteiger partial charge on any atom is -0.356 e. The molecule has 0 aliphatic heterocycles. The molecular weight excluding hydrogens is 248 g/mol. The van der Waals surface area contributed by atoms with E-state index < -0.39 is 0 Å². The molecule has 0 N–H and O–H groups in total. The number of rotatable bonds is 3. The van der Waals surface area contributed by atoms with Crippen molar-refractivity contribution < 1.29 is 4.52 Å². The van der Waals surface area contributed by atoms with Gasteiger partial charge in [0.25, 0.3) is 0 Å². The van der Waals surface area contributed by atoms with Crippen molar-refractivity contribution in [1.29, 1.82) is 0 Å². The highest BCUT2D eigenvalue weighted by Crippen LogP contribution is 2.41. The summed E-state index contributed by atoms with van der Waals surface area (Å²) < 4.78 is 5.31. The lowest BCUT2D eigenvalue weighted by Gasteiger charge is -2.09. The van der Waals surface area contributed by atoms with Crippen LogP contribution in [0.2, 0.25) is 0 Å². The standard InChI is InChI=1S/C17H14N2O/c1-2-4-12(5-3-1)14-10-16(13-6-7-13)18-11-15(14)17-8-9-19-20-17/h1-5,8-11,13H,6-7H2. The van der Waals surface area contributed by atoms with Crippen molar-refractivity contribution in [2.24, 2.45) is 0 Å². The maximum atomic E-state index is 5.31. The van der Waals surface area contributed by atoms with Gasteiger partial charge in [-0.3, -0.25) is 4.98 Å². The summed E-state index contributed by atoms with van der Waals surface area (Å²) in [5.41, 5.74) is 4.53. The number of nitrogens with zero attached hydrogens (tertiary/aromatic N) is 2. The van der Waals surface area contributed by atoms with Crippen LogP contribution in [0.15, 0.2) is 59.4 Å². The molecule has 1 fully saturated rings. The van der Waals surface area contributed by atoms with Crippen LogP contribution in [0.4, 0.5) is 0 Å². The molecule has 2 aromatic heterocycles. The molecule has 0 unspecified atom stereocenters. The first-order chi connectivity index (χ1) is 9.92. The zero-order chi connectivity index (χ0) is 13.4. The van der Waals surface area contributed by atoms with Gasteiger partial charge in [-0.1, -0.05) is 35.5 Å². The Morgan fingerprint density at radius 3 is 2.55 bits per heavy atom. The third-order valence-corrected chi connectivity index (χ3v) is 3.71. The normalized spacial score (nSPS) is 14.4. The predicted molar refractivity (Wildman–Crippen MR) is 77.1 cm³/mol. The summed E-state index contributed by atoms with van der Waals surface area (Å²) >= 11 is 0. The van der Waals surface area contributed by atoms with Crippen LogP contribution in [0, 0.1) is 0 Å². The van der Waals surface area contributed by atoms with Crippen LogP contribution in [0.1, 0.15) is 24.5 Å². The Morgan fingerprint density at radius 2 is 1.85 bits per heavy atom. The Bertz CT molecular complexity index is 716. The third kappa shape index (κ3) is 2.01. The average Bonchev–Trinajstić information content (AvgIpc) is 3.23. The molecule has 3 heteroatoms. The van der Waals surface area contributed by atoms with Gasteiger partial charge in [-0.25, -0.2) is 0 Å². The second-order valence-corrected chi connectivity index (χ2v) is 5.17. The summed E-state index contributed by atoms with van der Waals surface area (Å²) in [4.78, 5) is 4.60. The fourth-order valence-electron chi connectivity index (χ4n) is 2.48. The van der Waals surface area contributed by atoms with Crippen molar-refractivity contribution in [2.45, 2.75) is 18.8 Å². The monoisotopic (exact) mass is 262 g/mol. The van der Waals surface area contributed by atoms with E-state index in [1.807, 2.05) is 18.3 Å². The van der Waals surface area contributed by atoms with Crippen molar-refractivity contribution in [3.05, 3.63) is 60.6 Å². The van der Waals surface area contributed by atoms with Crippen molar-refractivity contribution in [1.82, 2.24) is 10.1 Å². The molecule has 3 aromatic rings. The molecule has 3 nitrogen and oxygen atoms in total. The topological polar surface area (TPSA) is 38.9 Å². The SMILES string of the molecule is c1ccc(-c2cc(C3CC3)ncc2-c2ccno2)cc1. The molecule has 0 atom stereocenters. The molecule has 20 heavy (non-hydrogen) atoms. The summed E-state index contributed by atoms with van der Waals surface area (Å²) in [6, 6.07) is 14.4. The lowest BCUT2D eigenvalue weighted by Crippen LogP contribution is -1.91. The number of hydrogen-bond donors (Lipinski definition) is 0. The smallest absolute Gasteiger partial charge is 0.168 e. The van der Waals surface area contributed by atoms with Gasteiger partial charge < -0.3 is 4.52 Å². The fraction of sp³-hybridized carbons (Fsp3) is 0.176. The minimum absolute atomic E-state index is 0.640. The molecule has 1 aromatic carbocycles. The Balaban J connectivity index is 1.90. The Hall–Kier alpha value is -2.42. The van der Waals surface area contributed by atoms with Gasteiger partial charge in [0.1, 0.15) is 0 Å². The van der Waals surface area contributed by atoms with Crippen LogP contribution in [0.3, 0.4) is 0 Å². The van der Waals surface area contributed by atoms with E-state index in [1.54, 1.807) is 6.20 Å². The van der Waals surface area contributed by atoms with Gasteiger partial charge in [0.15, 0.2) is 5.76 Å². The number of benzene rings is 1. The number of pyridine rings is 1. The summed E-state index contributed by atoms with van der Waals surface area (Å²) in [5, 5.41) is 3.80. The highest BCUT2D eigenvalue weighted by atomic mass is 16.5. The van der Waals surface area contributed by atoms with Crippen molar-refractivity contribution in [2.75, 3.05) is 0 Å². The molecule has 1 saturated carbocycles. The predicted octanol–water partition coefficient (Wildman–Crippen LogP) is 4.28. The lowest BCUT2D eigenvalue weighted by molar-refractivity contribution is 0.432. The van der Waals surface area contributed by atoms with Gasteiger partial charge in [0.2, 0.25) is 0 Å². The highest BCUT2D eigenvalue weighted by Gasteiger charge is 2.26. The molecule has 0 saturated heterocycles. The molecule has 1 aliphatic carbocycles. The van der Waals surface area contributed by atoms with Crippen LogP contribution in [0.25, 0.3) is 22.5 Å². The average molecular weight is 262 g/mol. The number of hydrogen-bond acceptors (Lipinski definition) is 3. The summed E-state index contributed by atoms with van der Waals surface area (Å²) in [5.74, 6) is 1.40. The van der Waals surface area contributed by atoms with E-state index in [2.05, 4.69) is 40.5 Å². The quantitative estimate of drug-likeness (QED) is 0.707. The van der Waals surface area contributed by atoms with E-state index in [0.29, 0.717) is 5.92 Å². The molecule has 4 rings (SSSR count). The second-order valence-electron chi connectivity index (χ2n) is 5.17. The number of aromatic nitrogens is 2. The lowest BCUT2D eigenvalue weighted by atomic mass is 9.98. The Labute approximate surface area is 117 Å². The van der Waals surface area contributed by atoms with Crippen LogP contribution >= 0.6 is 0 Å². The maximum absolute atomic E-state index is 5.31. The molecule has 98 valence electrons. The maximum Gasteiger partial charge on any atom is 0.168 e. The van der Waals surface area contributed by atoms with Crippen LogP contribution in [-0.2, 0) is 0 Å². The molecule has 0 spiro atoms. The first kappa shape index (κ1) is 11.4. The van der Waals surface area contributed by atoms with Gasteiger partial charge in [0.05, 0.1) is 6.20 Å². The fourth-order valence-corrected chi connectivity index (χ4v) is 2.48. The van der Waals surface area contributed by atoms with Crippen LogP contribution in [-0.4, -0.2) is 10.1 Å². The van der Waals surface area contributed by atoms with Gasteiger partial charge in [0, 0.05) is 29.4 Å².